The van der Waals surface area contributed by atoms with Crippen molar-refractivity contribution in [2.24, 2.45) is 0 Å². The number of nitrogens with zero attached hydrogens (tertiary/aromatic N) is 2. The van der Waals surface area contributed by atoms with Crippen molar-refractivity contribution in [2.45, 2.75) is 37.6 Å². The highest BCUT2D eigenvalue weighted by molar-refractivity contribution is 7.89. The van der Waals surface area contributed by atoms with Crippen LogP contribution in [0.15, 0.2) is 59.5 Å². The zero-order valence-corrected chi connectivity index (χ0v) is 17.0. The van der Waals surface area contributed by atoms with Crippen LogP contribution in [0.4, 0.5) is 0 Å². The molecule has 4 nitrogen and oxygen atoms in total. The molecule has 0 aliphatic carbocycles. The summed E-state index contributed by atoms with van der Waals surface area (Å²) in [6.45, 7) is 5.80. The summed E-state index contributed by atoms with van der Waals surface area (Å²) in [5, 5.41) is 0. The van der Waals surface area contributed by atoms with E-state index in [9.17, 15) is 8.42 Å². The van der Waals surface area contributed by atoms with Crippen molar-refractivity contribution in [3.63, 3.8) is 0 Å². The van der Waals surface area contributed by atoms with Crippen molar-refractivity contribution in [1.82, 2.24) is 9.21 Å². The second kappa shape index (κ2) is 9.31. The molecular weight excluding hydrogens is 344 g/mol. The first-order valence-electron chi connectivity index (χ1n) is 9.13. The molecule has 0 aliphatic heterocycles. The number of benzene rings is 2. The van der Waals surface area contributed by atoms with Crippen LogP contribution < -0.4 is 0 Å². The zero-order valence-electron chi connectivity index (χ0n) is 16.2. The third-order valence-electron chi connectivity index (χ3n) is 4.70. The Morgan fingerprint density at radius 1 is 0.923 bits per heavy atom. The maximum atomic E-state index is 13.2. The van der Waals surface area contributed by atoms with Gasteiger partial charge >= 0.3 is 0 Å². The summed E-state index contributed by atoms with van der Waals surface area (Å²) in [6.07, 6.45) is 1.04. The fraction of sp³-hybridized carbons (Fsp3) is 0.429. The van der Waals surface area contributed by atoms with Gasteiger partial charge in [-0.15, -0.1) is 0 Å². The van der Waals surface area contributed by atoms with E-state index in [4.69, 9.17) is 0 Å². The molecule has 2 aromatic carbocycles. The molecule has 2 rings (SSSR count). The van der Waals surface area contributed by atoms with Gasteiger partial charge in [0.25, 0.3) is 0 Å². The number of hydrogen-bond acceptors (Lipinski definition) is 3. The second-order valence-electron chi connectivity index (χ2n) is 7.01. The Hall–Kier alpha value is -1.69. The van der Waals surface area contributed by atoms with E-state index in [1.165, 1.54) is 5.56 Å². The zero-order chi connectivity index (χ0) is 19.2. The van der Waals surface area contributed by atoms with E-state index in [0.717, 1.165) is 12.0 Å². The van der Waals surface area contributed by atoms with Gasteiger partial charge in [-0.2, -0.15) is 4.31 Å². The van der Waals surface area contributed by atoms with Gasteiger partial charge in [0.15, 0.2) is 0 Å². The van der Waals surface area contributed by atoms with Gasteiger partial charge in [0.1, 0.15) is 0 Å². The summed E-state index contributed by atoms with van der Waals surface area (Å²) in [4.78, 5) is 2.36. The molecule has 142 valence electrons. The van der Waals surface area contributed by atoms with E-state index in [0.29, 0.717) is 30.4 Å². The van der Waals surface area contributed by atoms with E-state index in [2.05, 4.69) is 13.8 Å². The number of sulfonamides is 1. The molecule has 1 atom stereocenters. The summed E-state index contributed by atoms with van der Waals surface area (Å²) >= 11 is 0. The van der Waals surface area contributed by atoms with Crippen LogP contribution in [0.2, 0.25) is 0 Å². The van der Waals surface area contributed by atoms with Gasteiger partial charge in [-0.1, -0.05) is 56.3 Å². The van der Waals surface area contributed by atoms with Crippen molar-refractivity contribution in [1.29, 1.82) is 0 Å². The van der Waals surface area contributed by atoms with Crippen LogP contribution in [0.3, 0.4) is 0 Å². The molecule has 5 heteroatoms. The van der Waals surface area contributed by atoms with Gasteiger partial charge in [-0.3, -0.25) is 0 Å². The molecule has 0 aromatic heterocycles. The molecule has 1 unspecified atom stereocenters. The molecule has 26 heavy (non-hydrogen) atoms. The van der Waals surface area contributed by atoms with E-state index in [-0.39, 0.29) is 0 Å². The lowest BCUT2D eigenvalue weighted by Gasteiger charge is -2.24. The Balaban J connectivity index is 2.28. The lowest BCUT2D eigenvalue weighted by molar-refractivity contribution is 0.329. The van der Waals surface area contributed by atoms with Crippen molar-refractivity contribution < 1.29 is 8.42 Å². The van der Waals surface area contributed by atoms with Crippen LogP contribution in [0.1, 0.15) is 37.3 Å². The first kappa shape index (κ1) is 20.6. The van der Waals surface area contributed by atoms with Gasteiger partial charge in [-0.05, 0) is 49.7 Å². The predicted molar refractivity (Wildman–Crippen MR) is 108 cm³/mol. The Morgan fingerprint density at radius 2 is 1.54 bits per heavy atom. The summed E-state index contributed by atoms with van der Waals surface area (Å²) in [6, 6.07) is 17.1. The monoisotopic (exact) mass is 374 g/mol. The molecule has 0 N–H and O–H groups in total. The molecule has 0 saturated carbocycles. The average molecular weight is 375 g/mol. The molecule has 0 bridgehead atoms. The van der Waals surface area contributed by atoms with Crippen molar-refractivity contribution in [2.75, 3.05) is 27.2 Å². The minimum Gasteiger partial charge on any atom is -0.308 e. The highest BCUT2D eigenvalue weighted by atomic mass is 32.2. The van der Waals surface area contributed by atoms with Crippen LogP contribution in [0.25, 0.3) is 0 Å². The lowest BCUT2D eigenvalue weighted by Crippen LogP contribution is -2.36. The minimum atomic E-state index is -3.54. The largest absolute Gasteiger partial charge is 0.308 e. The SMILES string of the molecule is CCC(C)c1ccc(S(=O)(=O)N(CCN(C)C)Cc2ccccc2)cc1. The summed E-state index contributed by atoms with van der Waals surface area (Å²) in [5.41, 5.74) is 2.17. The maximum Gasteiger partial charge on any atom is 0.243 e. The Bertz CT molecular complexity index is 771. The average Bonchev–Trinajstić information content (AvgIpc) is 2.65. The summed E-state index contributed by atoms with van der Waals surface area (Å²) < 4.78 is 28.0. The molecule has 0 spiro atoms. The predicted octanol–water partition coefficient (Wildman–Crippen LogP) is 3.95. The van der Waals surface area contributed by atoms with Gasteiger partial charge < -0.3 is 4.90 Å². The number of likely N-dealkylation sites (N-methyl/N-ethyl adjacent to an activating group) is 1. The van der Waals surface area contributed by atoms with Gasteiger partial charge in [0.2, 0.25) is 10.0 Å². The first-order valence-corrected chi connectivity index (χ1v) is 10.6. The van der Waals surface area contributed by atoms with Crippen molar-refractivity contribution in [3.05, 3.63) is 65.7 Å². The minimum absolute atomic E-state index is 0.360. The topological polar surface area (TPSA) is 40.6 Å². The molecule has 0 fully saturated rings. The third-order valence-corrected chi connectivity index (χ3v) is 6.56. The van der Waals surface area contributed by atoms with E-state index in [1.807, 2.05) is 61.5 Å². The number of hydrogen-bond donors (Lipinski definition) is 0. The third kappa shape index (κ3) is 5.40. The summed E-state index contributed by atoms with van der Waals surface area (Å²) in [5.74, 6) is 0.431. The molecule has 2 aromatic rings. The molecule has 0 radical (unpaired) electrons. The summed E-state index contributed by atoms with van der Waals surface area (Å²) in [7, 11) is 0.368. The number of rotatable bonds is 9. The maximum absolute atomic E-state index is 13.2. The van der Waals surface area contributed by atoms with E-state index in [1.54, 1.807) is 16.4 Å². The van der Waals surface area contributed by atoms with Crippen molar-refractivity contribution in [3.8, 4) is 0 Å². The highest BCUT2D eigenvalue weighted by Gasteiger charge is 2.24. The Kier molecular flexibility index (Phi) is 7.38. The molecule has 0 aliphatic rings. The standard InChI is InChI=1S/C21H30N2O2S/c1-5-18(2)20-11-13-21(14-12-20)26(24,25)23(16-15-22(3)4)17-19-9-7-6-8-10-19/h6-14,18H,5,15-17H2,1-4H3. The van der Waals surface area contributed by atoms with Gasteiger partial charge in [0.05, 0.1) is 4.90 Å². The Morgan fingerprint density at radius 3 is 2.08 bits per heavy atom. The normalized spacial score (nSPS) is 13.3. The molecule has 0 heterocycles. The molecule has 0 saturated heterocycles. The Labute approximate surface area is 158 Å². The fourth-order valence-electron chi connectivity index (χ4n) is 2.74. The van der Waals surface area contributed by atoms with Crippen LogP contribution >= 0.6 is 0 Å². The van der Waals surface area contributed by atoms with Crippen LogP contribution in [-0.2, 0) is 16.6 Å². The van der Waals surface area contributed by atoms with E-state index >= 15 is 0 Å². The fourth-order valence-corrected chi connectivity index (χ4v) is 4.16. The smallest absolute Gasteiger partial charge is 0.243 e. The lowest BCUT2D eigenvalue weighted by atomic mass is 9.99. The highest BCUT2D eigenvalue weighted by Crippen LogP contribution is 2.23. The van der Waals surface area contributed by atoms with Crippen molar-refractivity contribution >= 4 is 10.0 Å². The van der Waals surface area contributed by atoms with Crippen LogP contribution in [0.5, 0.6) is 0 Å². The van der Waals surface area contributed by atoms with Gasteiger partial charge in [-0.25, -0.2) is 8.42 Å². The second-order valence-corrected chi connectivity index (χ2v) is 8.94. The quantitative estimate of drug-likeness (QED) is 0.667. The molecular formula is C21H30N2O2S. The van der Waals surface area contributed by atoms with Crippen LogP contribution in [0, 0.1) is 0 Å². The van der Waals surface area contributed by atoms with E-state index < -0.39 is 10.0 Å². The van der Waals surface area contributed by atoms with Crippen LogP contribution in [-0.4, -0.2) is 44.8 Å². The van der Waals surface area contributed by atoms with Gasteiger partial charge in [0, 0.05) is 19.6 Å². The molecule has 0 amide bonds. The first-order chi connectivity index (χ1) is 12.3.